The van der Waals surface area contributed by atoms with Crippen molar-refractivity contribution in [3.05, 3.63) is 71.8 Å². The van der Waals surface area contributed by atoms with Crippen LogP contribution in [0.25, 0.3) is 0 Å². The van der Waals surface area contributed by atoms with E-state index in [4.69, 9.17) is 0 Å². The lowest BCUT2D eigenvalue weighted by Gasteiger charge is -2.15. The van der Waals surface area contributed by atoms with Gasteiger partial charge in [-0.15, -0.1) is 0 Å². The van der Waals surface area contributed by atoms with E-state index in [1.807, 2.05) is 55.5 Å². The van der Waals surface area contributed by atoms with Gasteiger partial charge in [-0.25, -0.2) is 4.79 Å². The molecule has 1 aliphatic rings. The van der Waals surface area contributed by atoms with Crippen molar-refractivity contribution >= 4 is 6.03 Å². The van der Waals surface area contributed by atoms with Gasteiger partial charge >= 0.3 is 6.03 Å². The van der Waals surface area contributed by atoms with Crippen molar-refractivity contribution in [1.82, 2.24) is 10.6 Å². The number of urea groups is 1. The maximum Gasteiger partial charge on any atom is 0.315 e. The lowest BCUT2D eigenvalue weighted by atomic mass is 10.1. The second kappa shape index (κ2) is 6.00. The quantitative estimate of drug-likeness (QED) is 0.882. The minimum atomic E-state index is -0.0882. The van der Waals surface area contributed by atoms with E-state index in [1.165, 1.54) is 5.56 Å². The monoisotopic (exact) mass is 280 g/mol. The SMILES string of the molecule is CC(NC(=O)NC1CC1c1ccccc1)c1ccccc1. The van der Waals surface area contributed by atoms with Gasteiger partial charge in [-0.2, -0.15) is 0 Å². The second-order valence-corrected chi connectivity index (χ2v) is 5.61. The van der Waals surface area contributed by atoms with E-state index >= 15 is 0 Å². The topological polar surface area (TPSA) is 41.1 Å². The van der Waals surface area contributed by atoms with Crippen LogP contribution in [0.5, 0.6) is 0 Å². The highest BCUT2D eigenvalue weighted by Crippen LogP contribution is 2.40. The number of hydrogen-bond acceptors (Lipinski definition) is 1. The van der Waals surface area contributed by atoms with Crippen LogP contribution in [0, 0.1) is 0 Å². The fourth-order valence-electron chi connectivity index (χ4n) is 2.65. The average Bonchev–Trinajstić information content (AvgIpc) is 3.28. The summed E-state index contributed by atoms with van der Waals surface area (Å²) >= 11 is 0. The summed E-state index contributed by atoms with van der Waals surface area (Å²) in [5, 5.41) is 6.04. The lowest BCUT2D eigenvalue weighted by Crippen LogP contribution is -2.38. The molecule has 0 heterocycles. The minimum Gasteiger partial charge on any atom is -0.335 e. The Balaban J connectivity index is 1.50. The summed E-state index contributed by atoms with van der Waals surface area (Å²) in [6.07, 6.45) is 1.02. The molecular weight excluding hydrogens is 260 g/mol. The molecule has 3 heteroatoms. The van der Waals surface area contributed by atoms with Crippen LogP contribution in [0.4, 0.5) is 4.79 Å². The smallest absolute Gasteiger partial charge is 0.315 e. The molecule has 0 bridgehead atoms. The van der Waals surface area contributed by atoms with E-state index in [1.54, 1.807) is 0 Å². The number of amides is 2. The third-order valence-electron chi connectivity index (χ3n) is 3.98. The molecule has 3 nitrogen and oxygen atoms in total. The van der Waals surface area contributed by atoms with Crippen LogP contribution in [0.1, 0.15) is 36.4 Å². The van der Waals surface area contributed by atoms with Gasteiger partial charge in [0.15, 0.2) is 0 Å². The van der Waals surface area contributed by atoms with Gasteiger partial charge in [-0.1, -0.05) is 60.7 Å². The molecule has 21 heavy (non-hydrogen) atoms. The van der Waals surface area contributed by atoms with Crippen LogP contribution in [0.15, 0.2) is 60.7 Å². The number of nitrogens with one attached hydrogen (secondary N) is 2. The summed E-state index contributed by atoms with van der Waals surface area (Å²) in [6, 6.07) is 20.5. The van der Waals surface area contributed by atoms with Crippen molar-refractivity contribution in [2.75, 3.05) is 0 Å². The van der Waals surface area contributed by atoms with Crippen molar-refractivity contribution in [2.24, 2.45) is 0 Å². The standard InChI is InChI=1S/C18H20N2O/c1-13(14-8-4-2-5-9-14)19-18(21)20-17-12-16(17)15-10-6-3-7-11-15/h2-11,13,16-17H,12H2,1H3,(H2,19,20,21). The fraction of sp³-hybridized carbons (Fsp3) is 0.278. The first-order valence-corrected chi connectivity index (χ1v) is 7.41. The van der Waals surface area contributed by atoms with Crippen molar-refractivity contribution in [2.45, 2.75) is 31.3 Å². The summed E-state index contributed by atoms with van der Waals surface area (Å²) < 4.78 is 0. The molecule has 2 aromatic carbocycles. The molecule has 3 unspecified atom stereocenters. The minimum absolute atomic E-state index is 0.0140. The molecule has 0 radical (unpaired) electrons. The van der Waals surface area contributed by atoms with Gasteiger partial charge < -0.3 is 10.6 Å². The van der Waals surface area contributed by atoms with E-state index in [2.05, 4.69) is 22.8 Å². The van der Waals surface area contributed by atoms with Gasteiger partial charge in [0.2, 0.25) is 0 Å². The fourth-order valence-corrected chi connectivity index (χ4v) is 2.65. The summed E-state index contributed by atoms with van der Waals surface area (Å²) in [7, 11) is 0. The zero-order valence-corrected chi connectivity index (χ0v) is 12.1. The van der Waals surface area contributed by atoms with Crippen LogP contribution < -0.4 is 10.6 Å². The number of hydrogen-bond donors (Lipinski definition) is 2. The van der Waals surface area contributed by atoms with Crippen LogP contribution in [0.3, 0.4) is 0 Å². The van der Waals surface area contributed by atoms with Crippen LogP contribution in [0.2, 0.25) is 0 Å². The Hall–Kier alpha value is -2.29. The number of benzene rings is 2. The molecule has 108 valence electrons. The van der Waals surface area contributed by atoms with E-state index in [-0.39, 0.29) is 18.1 Å². The van der Waals surface area contributed by atoms with Crippen LogP contribution in [-0.4, -0.2) is 12.1 Å². The summed E-state index contributed by atoms with van der Waals surface area (Å²) in [4.78, 5) is 12.0. The van der Waals surface area contributed by atoms with Crippen molar-refractivity contribution in [1.29, 1.82) is 0 Å². The largest absolute Gasteiger partial charge is 0.335 e. The second-order valence-electron chi connectivity index (χ2n) is 5.61. The summed E-state index contributed by atoms with van der Waals surface area (Å²) in [6.45, 7) is 2.00. The molecule has 0 aliphatic heterocycles. The summed E-state index contributed by atoms with van der Waals surface area (Å²) in [5.74, 6) is 0.462. The van der Waals surface area contributed by atoms with E-state index in [0.29, 0.717) is 5.92 Å². The Kier molecular flexibility index (Phi) is 3.91. The zero-order chi connectivity index (χ0) is 14.7. The molecule has 1 saturated carbocycles. The molecular formula is C18H20N2O. The highest BCUT2D eigenvalue weighted by Gasteiger charge is 2.39. The first-order valence-electron chi connectivity index (χ1n) is 7.41. The van der Waals surface area contributed by atoms with Gasteiger partial charge in [0.05, 0.1) is 6.04 Å². The number of carbonyl (C=O) groups is 1. The van der Waals surface area contributed by atoms with Gasteiger partial charge in [0.25, 0.3) is 0 Å². The molecule has 0 saturated heterocycles. The van der Waals surface area contributed by atoms with Crippen molar-refractivity contribution in [3.63, 3.8) is 0 Å². The van der Waals surface area contributed by atoms with E-state index < -0.39 is 0 Å². The van der Waals surface area contributed by atoms with Crippen molar-refractivity contribution in [3.8, 4) is 0 Å². The van der Waals surface area contributed by atoms with Crippen LogP contribution in [-0.2, 0) is 0 Å². The van der Waals surface area contributed by atoms with Gasteiger partial charge in [0.1, 0.15) is 0 Å². The Morgan fingerprint density at radius 2 is 1.67 bits per heavy atom. The maximum absolute atomic E-state index is 12.0. The molecule has 3 atom stereocenters. The van der Waals surface area contributed by atoms with Gasteiger partial charge in [0, 0.05) is 12.0 Å². The summed E-state index contributed by atoms with van der Waals surface area (Å²) in [5.41, 5.74) is 2.42. The lowest BCUT2D eigenvalue weighted by molar-refractivity contribution is 0.237. The third kappa shape index (κ3) is 3.43. The third-order valence-corrected chi connectivity index (χ3v) is 3.98. The van der Waals surface area contributed by atoms with E-state index in [9.17, 15) is 4.79 Å². The van der Waals surface area contributed by atoms with Crippen molar-refractivity contribution < 1.29 is 4.79 Å². The Labute approximate surface area is 125 Å². The number of carbonyl (C=O) groups excluding carboxylic acids is 1. The number of rotatable bonds is 4. The Bertz CT molecular complexity index is 597. The van der Waals surface area contributed by atoms with E-state index in [0.717, 1.165) is 12.0 Å². The Morgan fingerprint density at radius 3 is 2.33 bits per heavy atom. The molecule has 0 spiro atoms. The molecule has 1 fully saturated rings. The molecule has 2 aromatic rings. The highest BCUT2D eigenvalue weighted by molar-refractivity contribution is 5.75. The normalized spacial score (nSPS) is 21.4. The van der Waals surface area contributed by atoms with Crippen LogP contribution >= 0.6 is 0 Å². The highest BCUT2D eigenvalue weighted by atomic mass is 16.2. The molecule has 2 amide bonds. The zero-order valence-electron chi connectivity index (χ0n) is 12.1. The molecule has 1 aliphatic carbocycles. The first-order chi connectivity index (χ1) is 10.2. The molecule has 2 N–H and O–H groups in total. The molecule has 0 aromatic heterocycles. The van der Waals surface area contributed by atoms with Gasteiger partial charge in [-0.05, 0) is 24.5 Å². The molecule has 3 rings (SSSR count). The predicted octanol–water partition coefficient (Wildman–Crippen LogP) is 3.60. The Morgan fingerprint density at radius 1 is 1.05 bits per heavy atom. The predicted molar refractivity (Wildman–Crippen MR) is 84.1 cm³/mol. The van der Waals surface area contributed by atoms with Gasteiger partial charge in [-0.3, -0.25) is 0 Å². The average molecular weight is 280 g/mol. The first kappa shape index (κ1) is 13.7. The maximum atomic E-state index is 12.0.